The van der Waals surface area contributed by atoms with Crippen molar-refractivity contribution in [3.05, 3.63) is 35.6 Å². The Morgan fingerprint density at radius 3 is 2.60 bits per heavy atom. The van der Waals surface area contributed by atoms with Crippen LogP contribution in [0.4, 0.5) is 8.78 Å². The normalized spacial score (nSPS) is 13.1. The molecule has 0 aliphatic carbocycles. The minimum atomic E-state index is -1.73. The van der Waals surface area contributed by atoms with Crippen molar-refractivity contribution in [3.63, 3.8) is 0 Å². The Morgan fingerprint density at radius 1 is 1.47 bits per heavy atom. The van der Waals surface area contributed by atoms with E-state index < -0.39 is 17.5 Å². The van der Waals surface area contributed by atoms with Gasteiger partial charge in [0.1, 0.15) is 17.5 Å². The van der Waals surface area contributed by atoms with Crippen molar-refractivity contribution in [3.8, 4) is 0 Å². The summed E-state index contributed by atoms with van der Waals surface area (Å²) in [5, 5.41) is 0. The van der Waals surface area contributed by atoms with E-state index in [2.05, 4.69) is 4.99 Å². The number of hydrogen-bond acceptors (Lipinski definition) is 2. The predicted octanol–water partition coefficient (Wildman–Crippen LogP) is 2.95. The van der Waals surface area contributed by atoms with Gasteiger partial charge in [0.15, 0.2) is 0 Å². The van der Waals surface area contributed by atoms with E-state index in [9.17, 15) is 13.6 Å². The molecule has 0 N–H and O–H groups in total. The van der Waals surface area contributed by atoms with Gasteiger partial charge in [-0.3, -0.25) is 0 Å². The first kappa shape index (κ1) is 11.5. The maximum Gasteiger partial charge on any atom is 0.235 e. The Labute approximate surface area is 86.6 Å². The van der Waals surface area contributed by atoms with Gasteiger partial charge in [-0.25, -0.2) is 13.6 Å². The van der Waals surface area contributed by atoms with Gasteiger partial charge in [-0.15, -0.1) is 0 Å². The van der Waals surface area contributed by atoms with Crippen molar-refractivity contribution in [2.45, 2.75) is 25.6 Å². The van der Waals surface area contributed by atoms with Crippen molar-refractivity contribution in [2.75, 3.05) is 0 Å². The summed E-state index contributed by atoms with van der Waals surface area (Å²) in [5.41, 5.74) is -1.41. The molecule has 0 saturated carbocycles. The summed E-state index contributed by atoms with van der Waals surface area (Å²) in [4.78, 5) is 13.5. The summed E-state index contributed by atoms with van der Waals surface area (Å²) < 4.78 is 26.6. The van der Waals surface area contributed by atoms with Crippen LogP contribution in [0.2, 0.25) is 0 Å². The molecule has 15 heavy (non-hydrogen) atoms. The SMILES string of the molecule is CC(C)(F)C(N=C=O)c1cccc(F)c1. The zero-order valence-electron chi connectivity index (χ0n) is 8.50. The Bertz CT molecular complexity index is 392. The van der Waals surface area contributed by atoms with Crippen LogP contribution < -0.4 is 0 Å². The maximum absolute atomic E-state index is 13.7. The first-order valence-corrected chi connectivity index (χ1v) is 4.46. The quantitative estimate of drug-likeness (QED) is 0.558. The first-order valence-electron chi connectivity index (χ1n) is 4.46. The highest BCUT2D eigenvalue weighted by atomic mass is 19.1. The summed E-state index contributed by atoms with van der Waals surface area (Å²) in [6.07, 6.45) is 1.30. The number of nitrogens with zero attached hydrogens (tertiary/aromatic N) is 1. The van der Waals surface area contributed by atoms with Gasteiger partial charge in [0, 0.05) is 0 Å². The molecule has 0 heterocycles. The van der Waals surface area contributed by atoms with E-state index in [0.29, 0.717) is 5.56 Å². The molecule has 1 atom stereocenters. The Hall–Kier alpha value is -1.54. The molecule has 1 aromatic rings. The zero-order chi connectivity index (χ0) is 11.5. The molecule has 4 heteroatoms. The number of hydrogen-bond donors (Lipinski definition) is 0. The number of rotatable bonds is 3. The van der Waals surface area contributed by atoms with Crippen molar-refractivity contribution >= 4 is 6.08 Å². The van der Waals surface area contributed by atoms with Crippen LogP contribution in [0.15, 0.2) is 29.3 Å². The molecule has 0 aliphatic heterocycles. The highest BCUT2D eigenvalue weighted by Crippen LogP contribution is 2.32. The van der Waals surface area contributed by atoms with Gasteiger partial charge in [0.2, 0.25) is 6.08 Å². The van der Waals surface area contributed by atoms with E-state index in [0.717, 1.165) is 6.07 Å². The lowest BCUT2D eigenvalue weighted by Gasteiger charge is -2.22. The van der Waals surface area contributed by atoms with Crippen LogP contribution in [0.25, 0.3) is 0 Å². The summed E-state index contributed by atoms with van der Waals surface area (Å²) in [6, 6.07) is 4.36. The number of aliphatic imine (C=N–C) groups is 1. The molecule has 1 aromatic carbocycles. The van der Waals surface area contributed by atoms with Gasteiger partial charge < -0.3 is 0 Å². The fraction of sp³-hybridized carbons (Fsp3) is 0.364. The van der Waals surface area contributed by atoms with Crippen LogP contribution in [-0.2, 0) is 4.79 Å². The lowest BCUT2D eigenvalue weighted by atomic mass is 9.94. The van der Waals surface area contributed by atoms with E-state index in [1.54, 1.807) is 0 Å². The molecule has 80 valence electrons. The zero-order valence-corrected chi connectivity index (χ0v) is 8.50. The average Bonchev–Trinajstić information content (AvgIpc) is 2.12. The molecular formula is C11H11F2NO. The number of alkyl halides is 1. The molecule has 2 nitrogen and oxygen atoms in total. The number of halogens is 2. The molecule has 0 spiro atoms. The van der Waals surface area contributed by atoms with Gasteiger partial charge in [-0.1, -0.05) is 12.1 Å². The lowest BCUT2D eigenvalue weighted by Crippen LogP contribution is -2.22. The second-order valence-electron chi connectivity index (χ2n) is 3.74. The van der Waals surface area contributed by atoms with Crippen molar-refractivity contribution in [2.24, 2.45) is 4.99 Å². The largest absolute Gasteiger partial charge is 0.242 e. The Kier molecular flexibility index (Phi) is 3.32. The van der Waals surface area contributed by atoms with Crippen molar-refractivity contribution in [1.29, 1.82) is 0 Å². The fourth-order valence-electron chi connectivity index (χ4n) is 1.35. The van der Waals surface area contributed by atoms with Gasteiger partial charge >= 0.3 is 0 Å². The van der Waals surface area contributed by atoms with Crippen LogP contribution in [0.5, 0.6) is 0 Å². The number of benzene rings is 1. The molecule has 1 unspecified atom stereocenters. The predicted molar refractivity (Wildman–Crippen MR) is 52.4 cm³/mol. The molecule has 0 fully saturated rings. The van der Waals surface area contributed by atoms with Crippen molar-refractivity contribution in [1.82, 2.24) is 0 Å². The van der Waals surface area contributed by atoms with Crippen LogP contribution >= 0.6 is 0 Å². The summed E-state index contributed by atoms with van der Waals surface area (Å²) >= 11 is 0. The van der Waals surface area contributed by atoms with Crippen LogP contribution in [0.1, 0.15) is 25.5 Å². The third-order valence-corrected chi connectivity index (χ3v) is 2.00. The second kappa shape index (κ2) is 4.32. The van der Waals surface area contributed by atoms with Crippen LogP contribution in [0, 0.1) is 5.82 Å². The van der Waals surface area contributed by atoms with Crippen LogP contribution in [-0.4, -0.2) is 11.7 Å². The highest BCUT2D eigenvalue weighted by molar-refractivity contribution is 5.36. The molecule has 0 bridgehead atoms. The van der Waals surface area contributed by atoms with Gasteiger partial charge in [0.25, 0.3) is 0 Å². The summed E-state index contributed by atoms with van der Waals surface area (Å²) in [6.45, 7) is 2.56. The molecule has 0 aromatic heterocycles. The lowest BCUT2D eigenvalue weighted by molar-refractivity contribution is 0.175. The second-order valence-corrected chi connectivity index (χ2v) is 3.74. The van der Waals surface area contributed by atoms with Gasteiger partial charge in [-0.05, 0) is 31.5 Å². The maximum atomic E-state index is 13.7. The van der Waals surface area contributed by atoms with E-state index in [-0.39, 0.29) is 0 Å². The standard InChI is InChI=1S/C11H11F2NO/c1-11(2,13)10(14-7-15)8-4-3-5-9(12)6-8/h3-6,10H,1-2H3. The third kappa shape index (κ3) is 2.96. The topological polar surface area (TPSA) is 29.4 Å². The molecule has 0 radical (unpaired) electrons. The van der Waals surface area contributed by atoms with E-state index >= 15 is 0 Å². The van der Waals surface area contributed by atoms with Gasteiger partial charge in [0.05, 0.1) is 0 Å². The molecule has 0 amide bonds. The summed E-state index contributed by atoms with van der Waals surface area (Å²) in [5.74, 6) is -0.483. The smallest absolute Gasteiger partial charge is 0.235 e. The minimum Gasteiger partial charge on any atom is -0.242 e. The monoisotopic (exact) mass is 211 g/mol. The summed E-state index contributed by atoms with van der Waals surface area (Å²) in [7, 11) is 0. The Balaban J connectivity index is 3.16. The third-order valence-electron chi connectivity index (χ3n) is 2.00. The Morgan fingerprint density at radius 2 is 2.13 bits per heavy atom. The molecule has 0 saturated heterocycles. The molecular weight excluding hydrogens is 200 g/mol. The first-order chi connectivity index (χ1) is 6.95. The van der Waals surface area contributed by atoms with E-state index in [1.807, 2.05) is 0 Å². The fourth-order valence-corrected chi connectivity index (χ4v) is 1.35. The average molecular weight is 211 g/mol. The van der Waals surface area contributed by atoms with E-state index in [1.165, 1.54) is 38.1 Å². The highest BCUT2D eigenvalue weighted by Gasteiger charge is 2.30. The number of isocyanates is 1. The molecule has 1 rings (SSSR count). The molecule has 0 aliphatic rings. The van der Waals surface area contributed by atoms with Crippen LogP contribution in [0.3, 0.4) is 0 Å². The minimum absolute atomic E-state index is 0.325. The van der Waals surface area contributed by atoms with E-state index in [4.69, 9.17) is 0 Å². The van der Waals surface area contributed by atoms with Crippen molar-refractivity contribution < 1.29 is 13.6 Å². The van der Waals surface area contributed by atoms with Gasteiger partial charge in [-0.2, -0.15) is 4.99 Å². The number of carbonyl (C=O) groups excluding carboxylic acids is 1.